The van der Waals surface area contributed by atoms with Gasteiger partial charge in [-0.15, -0.1) is 0 Å². The number of benzene rings is 1. The van der Waals surface area contributed by atoms with E-state index < -0.39 is 11.7 Å². The second-order valence-corrected chi connectivity index (χ2v) is 4.80. The summed E-state index contributed by atoms with van der Waals surface area (Å²) in [6.45, 7) is 2.09. The molecule has 2 rings (SSSR count). The topological polar surface area (TPSA) is 21.7 Å². The zero-order valence-corrected chi connectivity index (χ0v) is 11.3. The van der Waals surface area contributed by atoms with Crippen LogP contribution in [0.4, 0.5) is 13.2 Å². The number of likely N-dealkylation sites (tertiary alicyclic amines) is 1. The van der Waals surface area contributed by atoms with Crippen LogP contribution in [-0.4, -0.2) is 37.9 Å². The van der Waals surface area contributed by atoms with Crippen LogP contribution in [-0.2, 0) is 10.9 Å². The molecular weight excluding hydrogens is 271 g/mol. The highest BCUT2D eigenvalue weighted by atomic mass is 19.4. The fourth-order valence-electron chi connectivity index (χ4n) is 2.29. The number of hydrogen-bond donors (Lipinski definition) is 0. The SMILES string of the molecule is COCC(Oc1cccc(C(F)(F)F)c1)N1CCCC1. The minimum Gasteiger partial charge on any atom is -0.473 e. The summed E-state index contributed by atoms with van der Waals surface area (Å²) >= 11 is 0. The molecule has 1 saturated heterocycles. The van der Waals surface area contributed by atoms with Gasteiger partial charge in [0.05, 0.1) is 12.2 Å². The van der Waals surface area contributed by atoms with Crippen molar-refractivity contribution < 1.29 is 22.6 Å². The van der Waals surface area contributed by atoms with Crippen molar-refractivity contribution in [2.75, 3.05) is 26.8 Å². The van der Waals surface area contributed by atoms with E-state index >= 15 is 0 Å². The van der Waals surface area contributed by atoms with Crippen molar-refractivity contribution in [3.8, 4) is 5.75 Å². The number of ether oxygens (including phenoxy) is 2. The van der Waals surface area contributed by atoms with Gasteiger partial charge in [0.1, 0.15) is 5.75 Å². The van der Waals surface area contributed by atoms with Gasteiger partial charge in [0.2, 0.25) is 0 Å². The van der Waals surface area contributed by atoms with Gasteiger partial charge in [-0.3, -0.25) is 4.90 Å². The number of alkyl halides is 3. The average Bonchev–Trinajstić information content (AvgIpc) is 2.91. The quantitative estimate of drug-likeness (QED) is 0.831. The normalized spacial score (nSPS) is 18.2. The first-order valence-corrected chi connectivity index (χ1v) is 6.57. The molecule has 0 aliphatic carbocycles. The van der Waals surface area contributed by atoms with E-state index in [2.05, 4.69) is 4.90 Å². The molecule has 1 aliphatic heterocycles. The molecule has 6 heteroatoms. The zero-order valence-electron chi connectivity index (χ0n) is 11.3. The van der Waals surface area contributed by atoms with Gasteiger partial charge in [-0.1, -0.05) is 6.07 Å². The van der Waals surface area contributed by atoms with Crippen molar-refractivity contribution in [1.82, 2.24) is 4.90 Å². The third-order valence-electron chi connectivity index (χ3n) is 3.29. The van der Waals surface area contributed by atoms with Crippen molar-refractivity contribution >= 4 is 0 Å². The van der Waals surface area contributed by atoms with E-state index in [9.17, 15) is 13.2 Å². The summed E-state index contributed by atoms with van der Waals surface area (Å²) in [5.74, 6) is 0.216. The van der Waals surface area contributed by atoms with Crippen LogP contribution in [0, 0.1) is 0 Å². The van der Waals surface area contributed by atoms with E-state index in [4.69, 9.17) is 9.47 Å². The molecule has 1 unspecified atom stereocenters. The minimum absolute atomic E-state index is 0.216. The molecule has 0 amide bonds. The van der Waals surface area contributed by atoms with Crippen LogP contribution >= 0.6 is 0 Å². The highest BCUT2D eigenvalue weighted by Crippen LogP contribution is 2.31. The van der Waals surface area contributed by atoms with Gasteiger partial charge < -0.3 is 9.47 Å². The molecule has 0 spiro atoms. The molecule has 0 N–H and O–H groups in total. The third-order valence-corrected chi connectivity index (χ3v) is 3.29. The van der Waals surface area contributed by atoms with E-state index in [1.54, 1.807) is 7.11 Å². The third kappa shape index (κ3) is 3.86. The second-order valence-electron chi connectivity index (χ2n) is 4.80. The van der Waals surface area contributed by atoms with Crippen molar-refractivity contribution in [3.05, 3.63) is 29.8 Å². The van der Waals surface area contributed by atoms with Gasteiger partial charge in [-0.2, -0.15) is 13.2 Å². The lowest BCUT2D eigenvalue weighted by Crippen LogP contribution is -2.40. The van der Waals surface area contributed by atoms with Crippen LogP contribution in [0.1, 0.15) is 18.4 Å². The Morgan fingerprint density at radius 2 is 1.95 bits per heavy atom. The van der Waals surface area contributed by atoms with Crippen LogP contribution < -0.4 is 4.74 Å². The fraction of sp³-hybridized carbons (Fsp3) is 0.571. The van der Waals surface area contributed by atoms with Crippen LogP contribution in [0.2, 0.25) is 0 Å². The Labute approximate surface area is 116 Å². The lowest BCUT2D eigenvalue weighted by Gasteiger charge is -2.27. The van der Waals surface area contributed by atoms with Gasteiger partial charge in [-0.05, 0) is 31.0 Å². The summed E-state index contributed by atoms with van der Waals surface area (Å²) in [5, 5.41) is 0. The van der Waals surface area contributed by atoms with E-state index in [0.717, 1.165) is 38.1 Å². The molecular formula is C14H18F3NO2. The number of hydrogen-bond acceptors (Lipinski definition) is 3. The maximum Gasteiger partial charge on any atom is 0.416 e. The average molecular weight is 289 g/mol. The number of methoxy groups -OCH3 is 1. The van der Waals surface area contributed by atoms with Gasteiger partial charge in [0.25, 0.3) is 0 Å². The Bertz CT molecular complexity index is 431. The molecule has 20 heavy (non-hydrogen) atoms. The van der Waals surface area contributed by atoms with Gasteiger partial charge in [-0.25, -0.2) is 0 Å². The molecule has 1 aromatic rings. The van der Waals surface area contributed by atoms with Crippen LogP contribution in [0.5, 0.6) is 5.75 Å². The Kier molecular flexibility index (Phi) is 4.88. The summed E-state index contributed by atoms with van der Waals surface area (Å²) in [6, 6.07) is 4.95. The molecule has 1 aromatic carbocycles. The highest BCUT2D eigenvalue weighted by molar-refractivity contribution is 5.30. The Morgan fingerprint density at radius 3 is 2.55 bits per heavy atom. The van der Waals surface area contributed by atoms with E-state index in [0.29, 0.717) is 6.61 Å². The zero-order chi connectivity index (χ0) is 14.6. The molecule has 3 nitrogen and oxygen atoms in total. The molecule has 1 aliphatic rings. The molecule has 0 radical (unpaired) electrons. The maximum atomic E-state index is 12.7. The standard InChI is InChI=1S/C14H18F3NO2/c1-19-10-13(18-7-2-3-8-18)20-12-6-4-5-11(9-12)14(15,16)17/h4-6,9,13H,2-3,7-8,10H2,1H3. The molecule has 0 saturated carbocycles. The van der Waals surface area contributed by atoms with Gasteiger partial charge in [0, 0.05) is 20.2 Å². The molecule has 112 valence electrons. The fourth-order valence-corrected chi connectivity index (χ4v) is 2.29. The lowest BCUT2D eigenvalue weighted by molar-refractivity contribution is -0.137. The van der Waals surface area contributed by atoms with Crippen LogP contribution in [0.3, 0.4) is 0 Å². The Morgan fingerprint density at radius 1 is 1.25 bits per heavy atom. The van der Waals surface area contributed by atoms with Crippen molar-refractivity contribution in [2.24, 2.45) is 0 Å². The number of halogens is 3. The summed E-state index contributed by atoms with van der Waals surface area (Å²) in [5.41, 5.74) is -0.701. The van der Waals surface area contributed by atoms with E-state index in [1.807, 2.05) is 0 Å². The number of rotatable bonds is 5. The van der Waals surface area contributed by atoms with Crippen molar-refractivity contribution in [1.29, 1.82) is 0 Å². The first kappa shape index (κ1) is 15.1. The predicted molar refractivity (Wildman–Crippen MR) is 68.5 cm³/mol. The smallest absolute Gasteiger partial charge is 0.416 e. The van der Waals surface area contributed by atoms with Crippen molar-refractivity contribution in [3.63, 3.8) is 0 Å². The summed E-state index contributed by atoms with van der Waals surface area (Å²) < 4.78 is 48.8. The minimum atomic E-state index is -4.36. The van der Waals surface area contributed by atoms with E-state index in [1.165, 1.54) is 12.1 Å². The summed E-state index contributed by atoms with van der Waals surface area (Å²) in [6.07, 6.45) is -2.55. The lowest BCUT2D eigenvalue weighted by atomic mass is 10.2. The van der Waals surface area contributed by atoms with Crippen LogP contribution in [0.25, 0.3) is 0 Å². The van der Waals surface area contributed by atoms with Crippen molar-refractivity contribution in [2.45, 2.75) is 25.2 Å². The molecule has 1 fully saturated rings. The first-order valence-electron chi connectivity index (χ1n) is 6.57. The Balaban J connectivity index is 2.09. The predicted octanol–water partition coefficient (Wildman–Crippen LogP) is 3.15. The van der Waals surface area contributed by atoms with E-state index in [-0.39, 0.29) is 12.0 Å². The Hall–Kier alpha value is -1.27. The maximum absolute atomic E-state index is 12.7. The van der Waals surface area contributed by atoms with Gasteiger partial charge in [0.15, 0.2) is 6.23 Å². The highest BCUT2D eigenvalue weighted by Gasteiger charge is 2.31. The molecule has 1 atom stereocenters. The molecule has 1 heterocycles. The summed E-state index contributed by atoms with van der Waals surface area (Å²) in [4.78, 5) is 2.09. The first-order chi connectivity index (χ1) is 9.50. The summed E-state index contributed by atoms with van der Waals surface area (Å²) in [7, 11) is 1.55. The molecule has 0 aromatic heterocycles. The monoisotopic (exact) mass is 289 g/mol. The second kappa shape index (κ2) is 6.45. The number of nitrogens with zero attached hydrogens (tertiary/aromatic N) is 1. The van der Waals surface area contributed by atoms with Crippen LogP contribution in [0.15, 0.2) is 24.3 Å². The largest absolute Gasteiger partial charge is 0.473 e. The molecule has 0 bridgehead atoms. The van der Waals surface area contributed by atoms with Gasteiger partial charge >= 0.3 is 6.18 Å².